The maximum atomic E-state index is 12.0. The van der Waals surface area contributed by atoms with E-state index in [1.54, 1.807) is 13.8 Å². The number of likely N-dealkylation sites (tertiary alicyclic amines) is 1. The summed E-state index contributed by atoms with van der Waals surface area (Å²) in [5.74, 6) is -0.766. The lowest BCUT2D eigenvalue weighted by Gasteiger charge is -2.29. The van der Waals surface area contributed by atoms with Gasteiger partial charge < -0.3 is 15.3 Å². The van der Waals surface area contributed by atoms with E-state index >= 15 is 0 Å². The quantitative estimate of drug-likeness (QED) is 0.781. The van der Waals surface area contributed by atoms with E-state index in [0.717, 1.165) is 19.4 Å². The van der Waals surface area contributed by atoms with Crippen LogP contribution in [-0.2, 0) is 4.79 Å². The molecule has 4 atom stereocenters. The number of carbonyl (C=O) groups is 2. The van der Waals surface area contributed by atoms with Crippen LogP contribution in [0.5, 0.6) is 0 Å². The van der Waals surface area contributed by atoms with Crippen molar-refractivity contribution in [3.8, 4) is 0 Å². The fourth-order valence-corrected chi connectivity index (χ4v) is 2.79. The Labute approximate surface area is 101 Å². The monoisotopic (exact) mass is 240 g/mol. The number of rotatable bonds is 3. The highest BCUT2D eigenvalue weighted by Crippen LogP contribution is 2.37. The number of urea groups is 1. The van der Waals surface area contributed by atoms with E-state index in [1.165, 1.54) is 6.42 Å². The summed E-state index contributed by atoms with van der Waals surface area (Å²) >= 11 is 0. The molecule has 5 nitrogen and oxygen atoms in total. The second-order valence-electron chi connectivity index (χ2n) is 5.35. The van der Waals surface area contributed by atoms with Gasteiger partial charge in [0, 0.05) is 18.6 Å². The summed E-state index contributed by atoms with van der Waals surface area (Å²) in [6, 6.07) is -0.0516. The van der Waals surface area contributed by atoms with E-state index < -0.39 is 11.9 Å². The zero-order valence-electron chi connectivity index (χ0n) is 10.3. The van der Waals surface area contributed by atoms with Gasteiger partial charge in [-0.1, -0.05) is 0 Å². The third-order valence-corrected chi connectivity index (χ3v) is 4.16. The average molecular weight is 240 g/mol. The molecule has 0 aromatic carbocycles. The molecule has 5 heteroatoms. The van der Waals surface area contributed by atoms with Crippen molar-refractivity contribution >= 4 is 12.0 Å². The van der Waals surface area contributed by atoms with Gasteiger partial charge >= 0.3 is 12.0 Å². The molecule has 1 saturated carbocycles. The molecule has 2 aliphatic rings. The van der Waals surface area contributed by atoms with Crippen molar-refractivity contribution < 1.29 is 14.7 Å². The first-order valence-electron chi connectivity index (χ1n) is 6.29. The molecule has 1 heterocycles. The van der Waals surface area contributed by atoms with Crippen LogP contribution < -0.4 is 5.32 Å². The Morgan fingerprint density at radius 3 is 2.53 bits per heavy atom. The zero-order chi connectivity index (χ0) is 12.6. The van der Waals surface area contributed by atoms with Crippen LogP contribution in [0.1, 0.15) is 33.1 Å². The van der Waals surface area contributed by atoms with Gasteiger partial charge in [0.05, 0.1) is 5.92 Å². The minimum Gasteiger partial charge on any atom is -0.481 e. The lowest BCUT2D eigenvalue weighted by Crippen LogP contribution is -2.49. The minimum atomic E-state index is -0.874. The second-order valence-corrected chi connectivity index (χ2v) is 5.35. The summed E-state index contributed by atoms with van der Waals surface area (Å²) in [6.45, 7) is 4.19. The summed E-state index contributed by atoms with van der Waals surface area (Å²) in [4.78, 5) is 24.7. The number of amides is 2. The van der Waals surface area contributed by atoms with Crippen LogP contribution in [0.3, 0.4) is 0 Å². The predicted octanol–water partition coefficient (Wildman–Crippen LogP) is 1.29. The molecular formula is C12H20N2O3. The van der Waals surface area contributed by atoms with Gasteiger partial charge in [0.25, 0.3) is 0 Å². The molecule has 1 aliphatic carbocycles. The molecule has 0 aromatic rings. The fraction of sp³-hybridized carbons (Fsp3) is 0.833. The Morgan fingerprint density at radius 2 is 2.06 bits per heavy atom. The largest absolute Gasteiger partial charge is 0.481 e. The minimum absolute atomic E-state index is 0.0993. The molecule has 1 aliphatic heterocycles. The third-order valence-electron chi connectivity index (χ3n) is 4.16. The van der Waals surface area contributed by atoms with Gasteiger partial charge in [-0.25, -0.2) is 4.79 Å². The van der Waals surface area contributed by atoms with Crippen LogP contribution in [0.4, 0.5) is 4.79 Å². The van der Waals surface area contributed by atoms with Crippen molar-refractivity contribution in [3.05, 3.63) is 0 Å². The van der Waals surface area contributed by atoms with Crippen LogP contribution >= 0.6 is 0 Å². The van der Waals surface area contributed by atoms with E-state index in [4.69, 9.17) is 5.11 Å². The topological polar surface area (TPSA) is 69.6 Å². The highest BCUT2D eigenvalue weighted by Gasteiger charge is 2.40. The zero-order valence-corrected chi connectivity index (χ0v) is 10.3. The Hall–Kier alpha value is -1.26. The molecule has 17 heavy (non-hydrogen) atoms. The van der Waals surface area contributed by atoms with Crippen LogP contribution in [0.2, 0.25) is 0 Å². The van der Waals surface area contributed by atoms with Crippen molar-refractivity contribution in [2.24, 2.45) is 11.8 Å². The molecular weight excluding hydrogens is 220 g/mol. The van der Waals surface area contributed by atoms with E-state index in [-0.39, 0.29) is 12.1 Å². The first-order valence-corrected chi connectivity index (χ1v) is 6.29. The van der Waals surface area contributed by atoms with Crippen LogP contribution in [0.15, 0.2) is 0 Å². The number of carboxylic acids is 1. The molecule has 0 spiro atoms. The van der Waals surface area contributed by atoms with Crippen molar-refractivity contribution in [3.63, 3.8) is 0 Å². The van der Waals surface area contributed by atoms with E-state index in [0.29, 0.717) is 12.0 Å². The molecule has 96 valence electrons. The number of fused-ring (bicyclic) bond motifs is 2. The lowest BCUT2D eigenvalue weighted by molar-refractivity contribution is -0.141. The Kier molecular flexibility index (Phi) is 3.26. The molecule has 0 radical (unpaired) electrons. The molecule has 2 bridgehead atoms. The molecule has 1 saturated heterocycles. The summed E-state index contributed by atoms with van der Waals surface area (Å²) in [5.41, 5.74) is 0. The van der Waals surface area contributed by atoms with Gasteiger partial charge in [-0.3, -0.25) is 4.79 Å². The van der Waals surface area contributed by atoms with Gasteiger partial charge in [0.1, 0.15) is 0 Å². The van der Waals surface area contributed by atoms with Crippen LogP contribution in [0.25, 0.3) is 0 Å². The Morgan fingerprint density at radius 1 is 1.35 bits per heavy atom. The predicted molar refractivity (Wildman–Crippen MR) is 62.6 cm³/mol. The molecule has 2 N–H and O–H groups in total. The number of carbonyl (C=O) groups excluding carboxylic acids is 1. The summed E-state index contributed by atoms with van der Waals surface area (Å²) in [5, 5.41) is 11.7. The molecule has 4 unspecified atom stereocenters. The molecule has 2 amide bonds. The van der Waals surface area contributed by atoms with E-state index in [1.807, 2.05) is 4.90 Å². The Balaban J connectivity index is 1.87. The van der Waals surface area contributed by atoms with Crippen molar-refractivity contribution in [1.29, 1.82) is 0 Å². The van der Waals surface area contributed by atoms with Gasteiger partial charge in [-0.15, -0.1) is 0 Å². The molecule has 2 rings (SSSR count). The van der Waals surface area contributed by atoms with Gasteiger partial charge in [0.15, 0.2) is 0 Å². The first kappa shape index (κ1) is 12.2. The SMILES string of the molecule is CC(NC(=O)N1CC2CCC1C2)C(C)C(=O)O. The summed E-state index contributed by atoms with van der Waals surface area (Å²) in [7, 11) is 0. The van der Waals surface area contributed by atoms with Crippen molar-refractivity contribution in [2.75, 3.05) is 6.54 Å². The maximum absolute atomic E-state index is 12.0. The van der Waals surface area contributed by atoms with Crippen molar-refractivity contribution in [2.45, 2.75) is 45.2 Å². The lowest BCUT2D eigenvalue weighted by atomic mass is 10.0. The van der Waals surface area contributed by atoms with E-state index in [2.05, 4.69) is 5.32 Å². The van der Waals surface area contributed by atoms with Gasteiger partial charge in [-0.2, -0.15) is 0 Å². The number of nitrogens with zero attached hydrogens (tertiary/aromatic N) is 1. The maximum Gasteiger partial charge on any atom is 0.317 e. The number of nitrogens with one attached hydrogen (secondary N) is 1. The molecule has 0 aromatic heterocycles. The van der Waals surface area contributed by atoms with E-state index in [9.17, 15) is 9.59 Å². The third kappa shape index (κ3) is 2.37. The highest BCUT2D eigenvalue weighted by molar-refractivity contribution is 5.77. The Bertz CT molecular complexity index is 332. The smallest absolute Gasteiger partial charge is 0.317 e. The fourth-order valence-electron chi connectivity index (χ4n) is 2.79. The normalized spacial score (nSPS) is 30.1. The standard InChI is InChI=1S/C12H20N2O3/c1-7(11(15)16)8(2)13-12(17)14-6-9-3-4-10(14)5-9/h7-10H,3-6H2,1-2H3,(H,13,17)(H,15,16). The van der Waals surface area contributed by atoms with Gasteiger partial charge in [0.2, 0.25) is 0 Å². The number of piperidine rings is 1. The number of hydrogen-bond acceptors (Lipinski definition) is 2. The average Bonchev–Trinajstić information content (AvgIpc) is 2.89. The summed E-state index contributed by atoms with van der Waals surface area (Å²) in [6.07, 6.45) is 3.45. The number of carboxylic acid groups (broad SMARTS) is 1. The number of aliphatic carboxylic acids is 1. The summed E-state index contributed by atoms with van der Waals surface area (Å²) < 4.78 is 0. The first-order chi connectivity index (χ1) is 7.99. The van der Waals surface area contributed by atoms with Crippen molar-refractivity contribution in [1.82, 2.24) is 10.2 Å². The van der Waals surface area contributed by atoms with Crippen LogP contribution in [0, 0.1) is 11.8 Å². The molecule has 2 fully saturated rings. The highest BCUT2D eigenvalue weighted by atomic mass is 16.4. The van der Waals surface area contributed by atoms with Gasteiger partial charge in [-0.05, 0) is 39.0 Å². The van der Waals surface area contributed by atoms with Crippen LogP contribution in [-0.4, -0.2) is 40.6 Å². The number of hydrogen-bond donors (Lipinski definition) is 2. The second kappa shape index (κ2) is 4.55.